The molecule has 8 nitrogen and oxygen atoms in total. The monoisotopic (exact) mass is 374 g/mol. The van der Waals surface area contributed by atoms with Crippen LogP contribution in [-0.4, -0.2) is 41.8 Å². The second kappa shape index (κ2) is 9.70. The third kappa shape index (κ3) is 6.09. The maximum absolute atomic E-state index is 12.3. The molecule has 1 aromatic carbocycles. The van der Waals surface area contributed by atoms with E-state index in [9.17, 15) is 19.2 Å². The Morgan fingerprint density at radius 3 is 2.37 bits per heavy atom. The zero-order valence-corrected chi connectivity index (χ0v) is 15.4. The second-order valence-corrected chi connectivity index (χ2v) is 6.68. The fourth-order valence-corrected chi connectivity index (χ4v) is 2.95. The lowest BCUT2D eigenvalue weighted by molar-refractivity contribution is -0.138. The number of amides is 4. The number of rotatable bonds is 9. The van der Waals surface area contributed by atoms with E-state index in [1.807, 2.05) is 37.3 Å². The number of hydrogen-bond donors (Lipinski definition) is 4. The van der Waals surface area contributed by atoms with Crippen LogP contribution in [0.4, 0.5) is 0 Å². The lowest BCUT2D eigenvalue weighted by Gasteiger charge is -2.29. The first-order valence-electron chi connectivity index (χ1n) is 9.14. The number of piperazine rings is 1. The smallest absolute Gasteiger partial charge is 0.243 e. The van der Waals surface area contributed by atoms with E-state index in [1.54, 1.807) is 0 Å². The quantitative estimate of drug-likeness (QED) is 0.475. The highest BCUT2D eigenvalue weighted by Crippen LogP contribution is 2.09. The molecule has 3 atom stereocenters. The van der Waals surface area contributed by atoms with Crippen LogP contribution >= 0.6 is 0 Å². The predicted octanol–water partition coefficient (Wildman–Crippen LogP) is -0.237. The first-order valence-corrected chi connectivity index (χ1v) is 9.14. The van der Waals surface area contributed by atoms with Crippen LogP contribution in [0.15, 0.2) is 30.3 Å². The molecule has 0 bridgehead atoms. The van der Waals surface area contributed by atoms with Crippen LogP contribution in [0.3, 0.4) is 0 Å². The van der Waals surface area contributed by atoms with E-state index in [0.29, 0.717) is 12.8 Å². The number of primary amides is 1. The second-order valence-electron chi connectivity index (χ2n) is 6.68. The molecule has 1 aromatic rings. The Morgan fingerprint density at radius 1 is 1.11 bits per heavy atom. The highest BCUT2D eigenvalue weighted by Gasteiger charge is 2.35. The standard InChI is InChI=1S/C19H26N4O4/c1-2-3-9-13(17(20)25)21-16(24)11-15-19(27)22-14(18(26)23-15)10-12-7-5-4-6-8-12/h4-8,13-15H,2-3,9-11H2,1H3,(H2,20,25)(H,21,24)(H,22,27)(H,23,26)/t13-,14+,15+/m1/s1. The van der Waals surface area contributed by atoms with Crippen LogP contribution in [0.25, 0.3) is 0 Å². The maximum Gasteiger partial charge on any atom is 0.243 e. The van der Waals surface area contributed by atoms with Gasteiger partial charge in [-0.2, -0.15) is 0 Å². The van der Waals surface area contributed by atoms with Crippen molar-refractivity contribution in [3.63, 3.8) is 0 Å². The molecule has 0 saturated carbocycles. The molecule has 27 heavy (non-hydrogen) atoms. The van der Waals surface area contributed by atoms with Gasteiger partial charge in [0.15, 0.2) is 0 Å². The zero-order chi connectivity index (χ0) is 19.8. The average Bonchev–Trinajstić information content (AvgIpc) is 2.63. The number of nitrogens with two attached hydrogens (primary N) is 1. The van der Waals surface area contributed by atoms with Gasteiger partial charge >= 0.3 is 0 Å². The van der Waals surface area contributed by atoms with E-state index >= 15 is 0 Å². The molecule has 0 aromatic heterocycles. The number of hydrogen-bond acceptors (Lipinski definition) is 4. The van der Waals surface area contributed by atoms with E-state index in [4.69, 9.17) is 5.73 Å². The van der Waals surface area contributed by atoms with Gasteiger partial charge in [0, 0.05) is 6.42 Å². The minimum Gasteiger partial charge on any atom is -0.368 e. The topological polar surface area (TPSA) is 130 Å². The number of nitrogens with one attached hydrogen (secondary N) is 3. The summed E-state index contributed by atoms with van der Waals surface area (Å²) in [6.45, 7) is 1.97. The Hall–Kier alpha value is -2.90. The maximum atomic E-state index is 12.3. The minimum absolute atomic E-state index is 0.245. The Morgan fingerprint density at radius 2 is 1.74 bits per heavy atom. The lowest BCUT2D eigenvalue weighted by atomic mass is 10.0. The molecule has 146 valence electrons. The fourth-order valence-electron chi connectivity index (χ4n) is 2.95. The highest BCUT2D eigenvalue weighted by molar-refractivity contribution is 5.99. The summed E-state index contributed by atoms with van der Waals surface area (Å²) in [6.07, 6.45) is 2.18. The van der Waals surface area contributed by atoms with Crippen molar-refractivity contribution in [2.24, 2.45) is 5.73 Å². The lowest BCUT2D eigenvalue weighted by Crippen LogP contribution is -2.63. The number of unbranched alkanes of at least 4 members (excludes halogenated alkanes) is 1. The van der Waals surface area contributed by atoms with Crippen molar-refractivity contribution in [1.82, 2.24) is 16.0 Å². The Balaban J connectivity index is 1.89. The van der Waals surface area contributed by atoms with E-state index in [-0.39, 0.29) is 12.3 Å². The van der Waals surface area contributed by atoms with Gasteiger partial charge in [-0.15, -0.1) is 0 Å². The Labute approximate surface area is 158 Å². The molecule has 8 heteroatoms. The van der Waals surface area contributed by atoms with Gasteiger partial charge in [0.2, 0.25) is 23.6 Å². The molecule has 4 amide bonds. The minimum atomic E-state index is -0.968. The van der Waals surface area contributed by atoms with Gasteiger partial charge in [-0.3, -0.25) is 19.2 Å². The van der Waals surface area contributed by atoms with Crippen molar-refractivity contribution in [3.8, 4) is 0 Å². The van der Waals surface area contributed by atoms with E-state index in [2.05, 4.69) is 16.0 Å². The van der Waals surface area contributed by atoms with Gasteiger partial charge in [0.05, 0.1) is 6.42 Å². The first kappa shape index (κ1) is 20.4. The van der Waals surface area contributed by atoms with Crippen molar-refractivity contribution in [3.05, 3.63) is 35.9 Å². The van der Waals surface area contributed by atoms with Crippen molar-refractivity contribution < 1.29 is 19.2 Å². The molecule has 1 fully saturated rings. The molecule has 0 aliphatic carbocycles. The Bertz CT molecular complexity index is 692. The first-order chi connectivity index (χ1) is 12.9. The van der Waals surface area contributed by atoms with Crippen molar-refractivity contribution in [2.45, 2.75) is 57.2 Å². The molecule has 1 aliphatic heterocycles. The summed E-state index contributed by atoms with van der Waals surface area (Å²) in [5.74, 6) is -1.88. The molecule has 1 aliphatic rings. The molecular formula is C19H26N4O4. The number of benzene rings is 1. The van der Waals surface area contributed by atoms with Gasteiger partial charge < -0.3 is 21.7 Å². The SMILES string of the molecule is CCCC[C@@H](NC(=O)C[C@@H]1NC(=O)[C@H](Cc2ccccc2)NC1=O)C(N)=O. The summed E-state index contributed by atoms with van der Waals surface area (Å²) in [4.78, 5) is 48.1. The van der Waals surface area contributed by atoms with Crippen molar-refractivity contribution >= 4 is 23.6 Å². The summed E-state index contributed by atoms with van der Waals surface area (Å²) in [7, 11) is 0. The average molecular weight is 374 g/mol. The van der Waals surface area contributed by atoms with Gasteiger partial charge in [-0.25, -0.2) is 0 Å². The molecular weight excluding hydrogens is 348 g/mol. The summed E-state index contributed by atoms with van der Waals surface area (Å²) >= 11 is 0. The van der Waals surface area contributed by atoms with Crippen molar-refractivity contribution in [2.75, 3.05) is 0 Å². The van der Waals surface area contributed by atoms with Gasteiger partial charge in [-0.05, 0) is 12.0 Å². The molecule has 5 N–H and O–H groups in total. The van der Waals surface area contributed by atoms with Crippen LogP contribution in [-0.2, 0) is 25.6 Å². The summed E-state index contributed by atoms with van der Waals surface area (Å²) in [5, 5.41) is 7.78. The summed E-state index contributed by atoms with van der Waals surface area (Å²) in [6, 6.07) is 6.92. The number of carbonyl (C=O) groups excluding carboxylic acids is 4. The Kier molecular flexibility index (Phi) is 7.34. The van der Waals surface area contributed by atoms with E-state index in [1.165, 1.54) is 0 Å². The van der Waals surface area contributed by atoms with Crippen LogP contribution in [0.1, 0.15) is 38.2 Å². The van der Waals surface area contributed by atoms with E-state index < -0.39 is 35.8 Å². The van der Waals surface area contributed by atoms with Crippen LogP contribution in [0.5, 0.6) is 0 Å². The molecule has 0 radical (unpaired) electrons. The van der Waals surface area contributed by atoms with Gasteiger partial charge in [0.1, 0.15) is 18.1 Å². The van der Waals surface area contributed by atoms with Crippen LogP contribution in [0, 0.1) is 0 Å². The fraction of sp³-hybridized carbons (Fsp3) is 0.474. The molecule has 1 heterocycles. The molecule has 2 rings (SSSR count). The third-order valence-electron chi connectivity index (χ3n) is 4.46. The van der Waals surface area contributed by atoms with E-state index in [0.717, 1.165) is 18.4 Å². The number of carbonyl (C=O) groups is 4. The predicted molar refractivity (Wildman–Crippen MR) is 99.3 cm³/mol. The summed E-state index contributed by atoms with van der Waals surface area (Å²) < 4.78 is 0. The van der Waals surface area contributed by atoms with Crippen molar-refractivity contribution in [1.29, 1.82) is 0 Å². The third-order valence-corrected chi connectivity index (χ3v) is 4.46. The molecule has 0 spiro atoms. The molecule has 0 unspecified atom stereocenters. The largest absolute Gasteiger partial charge is 0.368 e. The van der Waals surface area contributed by atoms with Gasteiger partial charge in [-0.1, -0.05) is 50.1 Å². The summed E-state index contributed by atoms with van der Waals surface area (Å²) in [5.41, 5.74) is 6.22. The van der Waals surface area contributed by atoms with Gasteiger partial charge in [0.25, 0.3) is 0 Å². The normalized spacial score (nSPS) is 20.3. The molecule has 1 saturated heterocycles. The van der Waals surface area contributed by atoms with Crippen LogP contribution in [0.2, 0.25) is 0 Å². The zero-order valence-electron chi connectivity index (χ0n) is 15.4. The van der Waals surface area contributed by atoms with Crippen LogP contribution < -0.4 is 21.7 Å². The highest BCUT2D eigenvalue weighted by atomic mass is 16.2.